The van der Waals surface area contributed by atoms with Crippen LogP contribution >= 0.6 is 0 Å². The lowest BCUT2D eigenvalue weighted by Crippen LogP contribution is -2.48. The third kappa shape index (κ3) is 6.11. The van der Waals surface area contributed by atoms with Crippen LogP contribution in [0.4, 0.5) is 0 Å². The zero-order valence-electron chi connectivity index (χ0n) is 20.0. The molecular weight excluding hydrogens is 486 g/mol. The van der Waals surface area contributed by atoms with E-state index in [0.717, 1.165) is 6.54 Å². The maximum absolute atomic E-state index is 13.4. The Balaban J connectivity index is 1.46. The van der Waals surface area contributed by atoms with Gasteiger partial charge in [-0.05, 0) is 36.6 Å². The fraction of sp³-hybridized carbons (Fsp3) is 0.480. The largest absolute Gasteiger partial charge is 0.335 e. The molecule has 1 atom stereocenters. The molecule has 0 spiro atoms. The summed E-state index contributed by atoms with van der Waals surface area (Å²) in [5.41, 5.74) is 1.47. The van der Waals surface area contributed by atoms with Crippen molar-refractivity contribution < 1.29 is 21.6 Å². The molecule has 0 radical (unpaired) electrons. The van der Waals surface area contributed by atoms with Gasteiger partial charge >= 0.3 is 0 Å². The number of benzene rings is 2. The van der Waals surface area contributed by atoms with Crippen LogP contribution in [0.1, 0.15) is 35.7 Å². The van der Waals surface area contributed by atoms with Gasteiger partial charge in [-0.25, -0.2) is 16.8 Å². The average molecular weight is 520 g/mol. The van der Waals surface area contributed by atoms with Crippen molar-refractivity contribution in [2.45, 2.75) is 37.2 Å². The van der Waals surface area contributed by atoms with Crippen LogP contribution < -0.4 is 0 Å². The Bertz CT molecular complexity index is 1240. The lowest BCUT2D eigenvalue weighted by Gasteiger charge is -2.34. The molecule has 2 aromatic rings. The molecule has 0 bridgehead atoms. The summed E-state index contributed by atoms with van der Waals surface area (Å²) >= 11 is 0. The number of carbonyl (C=O) groups excluding carboxylic acids is 1. The van der Waals surface area contributed by atoms with Gasteiger partial charge in [0, 0.05) is 50.9 Å². The van der Waals surface area contributed by atoms with Gasteiger partial charge in [0.2, 0.25) is 10.0 Å². The van der Waals surface area contributed by atoms with Crippen molar-refractivity contribution in [1.82, 2.24) is 14.1 Å². The van der Waals surface area contributed by atoms with E-state index in [1.807, 2.05) is 25.1 Å². The second kappa shape index (κ2) is 10.8. The summed E-state index contributed by atoms with van der Waals surface area (Å²) in [6, 6.07) is 15.9. The Labute approximate surface area is 208 Å². The summed E-state index contributed by atoms with van der Waals surface area (Å²) in [4.78, 5) is 17.2. The molecule has 0 aliphatic carbocycles. The van der Waals surface area contributed by atoms with Gasteiger partial charge in [0.25, 0.3) is 5.91 Å². The van der Waals surface area contributed by atoms with Gasteiger partial charge in [-0.15, -0.1) is 0 Å². The van der Waals surface area contributed by atoms with Crippen LogP contribution in [0.25, 0.3) is 0 Å². The standard InChI is InChI=1S/C25H33N3O5S2/c1-2-12-28(23-11-17-34(30,31)20-23)25(29)22-9-6-10-24(18-22)35(32,33)27-15-13-26(14-16-27)19-21-7-4-3-5-8-21/h3-10,18,23H,2,11-17,19-20H2,1H3/t23-/m1/s1. The van der Waals surface area contributed by atoms with Gasteiger partial charge in [-0.1, -0.05) is 43.3 Å². The molecule has 8 nitrogen and oxygen atoms in total. The van der Waals surface area contributed by atoms with Crippen molar-refractivity contribution >= 4 is 25.8 Å². The molecule has 10 heteroatoms. The number of rotatable bonds is 8. The van der Waals surface area contributed by atoms with E-state index in [1.54, 1.807) is 17.0 Å². The molecule has 2 aliphatic rings. The number of nitrogens with zero attached hydrogens (tertiary/aromatic N) is 3. The normalized spacial score (nSPS) is 21.1. The maximum atomic E-state index is 13.4. The Hall–Kier alpha value is -2.27. The molecule has 0 N–H and O–H groups in total. The highest BCUT2D eigenvalue weighted by molar-refractivity contribution is 7.91. The first kappa shape index (κ1) is 25.8. The predicted molar refractivity (Wildman–Crippen MR) is 135 cm³/mol. The van der Waals surface area contributed by atoms with Crippen molar-refractivity contribution in [3.63, 3.8) is 0 Å². The van der Waals surface area contributed by atoms with Crippen LogP contribution in [0.2, 0.25) is 0 Å². The molecule has 2 heterocycles. The second-order valence-electron chi connectivity index (χ2n) is 9.25. The second-order valence-corrected chi connectivity index (χ2v) is 13.4. The summed E-state index contributed by atoms with van der Waals surface area (Å²) < 4.78 is 52.1. The predicted octanol–water partition coefficient (Wildman–Crippen LogP) is 2.23. The first-order chi connectivity index (χ1) is 16.7. The fourth-order valence-electron chi connectivity index (χ4n) is 4.79. The van der Waals surface area contributed by atoms with E-state index in [4.69, 9.17) is 0 Å². The van der Waals surface area contributed by atoms with Crippen LogP contribution in [0.5, 0.6) is 0 Å². The molecule has 2 aromatic carbocycles. The van der Waals surface area contributed by atoms with Crippen LogP contribution in [0.15, 0.2) is 59.5 Å². The summed E-state index contributed by atoms with van der Waals surface area (Å²) in [5.74, 6) is -0.279. The van der Waals surface area contributed by atoms with Crippen molar-refractivity contribution in [3.05, 3.63) is 65.7 Å². The molecule has 190 valence electrons. The zero-order valence-corrected chi connectivity index (χ0v) is 21.7. The molecule has 2 fully saturated rings. The Morgan fingerprint density at radius 2 is 1.74 bits per heavy atom. The molecule has 1 amide bonds. The van der Waals surface area contributed by atoms with Crippen LogP contribution in [-0.4, -0.2) is 87.1 Å². The monoisotopic (exact) mass is 519 g/mol. The van der Waals surface area contributed by atoms with Crippen LogP contribution in [-0.2, 0) is 26.4 Å². The average Bonchev–Trinajstić information content (AvgIpc) is 3.22. The SMILES string of the molecule is CCCN(C(=O)c1cccc(S(=O)(=O)N2CCN(Cc3ccccc3)CC2)c1)[C@@H]1CCS(=O)(=O)C1. The number of carbonyl (C=O) groups is 1. The Morgan fingerprint density at radius 3 is 2.37 bits per heavy atom. The topological polar surface area (TPSA) is 95.1 Å². The maximum Gasteiger partial charge on any atom is 0.254 e. The summed E-state index contributed by atoms with van der Waals surface area (Å²) in [6.07, 6.45) is 1.10. The molecular formula is C25H33N3O5S2. The molecule has 35 heavy (non-hydrogen) atoms. The van der Waals surface area contributed by atoms with Crippen molar-refractivity contribution in [1.29, 1.82) is 0 Å². The first-order valence-corrected chi connectivity index (χ1v) is 15.3. The summed E-state index contributed by atoms with van der Waals surface area (Å²) in [5, 5.41) is 0. The first-order valence-electron chi connectivity index (χ1n) is 12.1. The van der Waals surface area contributed by atoms with Crippen molar-refractivity contribution in [2.24, 2.45) is 0 Å². The van der Waals surface area contributed by atoms with Gasteiger partial charge < -0.3 is 4.90 Å². The minimum atomic E-state index is -3.75. The zero-order chi connectivity index (χ0) is 25.1. The number of hydrogen-bond acceptors (Lipinski definition) is 6. The van der Waals surface area contributed by atoms with E-state index >= 15 is 0 Å². The van der Waals surface area contributed by atoms with Crippen LogP contribution in [0.3, 0.4) is 0 Å². The van der Waals surface area contributed by atoms with E-state index in [1.165, 1.54) is 22.0 Å². The van der Waals surface area contributed by atoms with E-state index < -0.39 is 19.9 Å². The molecule has 2 saturated heterocycles. The highest BCUT2D eigenvalue weighted by atomic mass is 32.2. The molecule has 0 unspecified atom stereocenters. The highest BCUT2D eigenvalue weighted by Gasteiger charge is 2.35. The fourth-order valence-corrected chi connectivity index (χ4v) is 7.99. The Kier molecular flexibility index (Phi) is 7.95. The molecule has 0 saturated carbocycles. The van der Waals surface area contributed by atoms with Crippen molar-refractivity contribution in [2.75, 3.05) is 44.2 Å². The van der Waals surface area contributed by atoms with Gasteiger partial charge in [0.1, 0.15) is 0 Å². The smallest absolute Gasteiger partial charge is 0.254 e. The van der Waals surface area contributed by atoms with E-state index in [0.29, 0.717) is 45.6 Å². The quantitative estimate of drug-likeness (QED) is 0.531. The summed E-state index contributed by atoms with van der Waals surface area (Å²) in [6.45, 7) is 5.18. The number of piperazine rings is 1. The molecule has 0 aromatic heterocycles. The lowest BCUT2D eigenvalue weighted by molar-refractivity contribution is 0.0697. The minimum Gasteiger partial charge on any atom is -0.335 e. The Morgan fingerprint density at radius 1 is 1.03 bits per heavy atom. The number of hydrogen-bond donors (Lipinski definition) is 0. The number of sulfone groups is 1. The third-order valence-electron chi connectivity index (χ3n) is 6.67. The van der Waals surface area contributed by atoms with Crippen molar-refractivity contribution in [3.8, 4) is 0 Å². The molecule has 2 aliphatic heterocycles. The number of amides is 1. The van der Waals surface area contributed by atoms with Gasteiger partial charge in [0.05, 0.1) is 16.4 Å². The third-order valence-corrected chi connectivity index (χ3v) is 10.3. The molecule has 4 rings (SSSR count). The summed E-state index contributed by atoms with van der Waals surface area (Å²) in [7, 11) is -6.90. The number of sulfonamides is 1. The minimum absolute atomic E-state index is 0.0377. The van der Waals surface area contributed by atoms with Gasteiger partial charge in [-0.2, -0.15) is 4.31 Å². The van der Waals surface area contributed by atoms with E-state index in [9.17, 15) is 21.6 Å². The van der Waals surface area contributed by atoms with Gasteiger partial charge in [-0.3, -0.25) is 9.69 Å². The van der Waals surface area contributed by atoms with E-state index in [2.05, 4.69) is 17.0 Å². The van der Waals surface area contributed by atoms with E-state index in [-0.39, 0.29) is 33.9 Å². The van der Waals surface area contributed by atoms with Gasteiger partial charge in [0.15, 0.2) is 9.84 Å². The lowest BCUT2D eigenvalue weighted by atomic mass is 10.1. The highest BCUT2D eigenvalue weighted by Crippen LogP contribution is 2.23. The van der Waals surface area contributed by atoms with Crippen LogP contribution in [0, 0.1) is 0 Å².